The van der Waals surface area contributed by atoms with E-state index >= 15 is 0 Å². The van der Waals surface area contributed by atoms with Gasteiger partial charge in [-0.3, -0.25) is 0 Å². The molecule has 1 aromatic heterocycles. The fourth-order valence-electron chi connectivity index (χ4n) is 0.689. The summed E-state index contributed by atoms with van der Waals surface area (Å²) in [5, 5.41) is 10.7. The van der Waals surface area contributed by atoms with Crippen LogP contribution in [0.4, 0.5) is 0 Å². The Kier molecular flexibility index (Phi) is 1.90. The minimum atomic E-state index is 0.506. The molecular weight excluding hydrogens is 128 g/mol. The molecule has 2 N–H and O–H groups in total. The highest BCUT2D eigenvalue weighted by atomic mass is 14.9. The molecule has 0 aromatic carbocycles. The Balaban J connectivity index is 2.59. The van der Waals surface area contributed by atoms with E-state index in [2.05, 4.69) is 15.3 Å². The van der Waals surface area contributed by atoms with Crippen LogP contribution in [0.1, 0.15) is 11.4 Å². The lowest BCUT2D eigenvalue weighted by Crippen LogP contribution is -2.05. The molecule has 0 saturated heterocycles. The molecule has 1 heterocycles. The summed E-state index contributed by atoms with van der Waals surface area (Å²) in [5.41, 5.74) is 1.89. The minimum absolute atomic E-state index is 0.506. The summed E-state index contributed by atoms with van der Waals surface area (Å²) in [6.07, 6.45) is 3.44. The summed E-state index contributed by atoms with van der Waals surface area (Å²) >= 11 is 0. The summed E-state index contributed by atoms with van der Waals surface area (Å²) in [7, 11) is 0. The highest BCUT2D eigenvalue weighted by Crippen LogP contribution is 1.97. The predicted octanol–water partition coefficient (Wildman–Crippen LogP) is 0.289. The Morgan fingerprint density at radius 1 is 1.90 bits per heavy atom. The van der Waals surface area contributed by atoms with Crippen molar-refractivity contribution in [3.8, 4) is 6.19 Å². The lowest BCUT2D eigenvalue weighted by Gasteiger charge is -1.92. The molecule has 4 heteroatoms. The van der Waals surface area contributed by atoms with E-state index in [9.17, 15) is 0 Å². The van der Waals surface area contributed by atoms with Gasteiger partial charge in [-0.15, -0.1) is 0 Å². The molecule has 0 bridgehead atoms. The van der Waals surface area contributed by atoms with Crippen LogP contribution in [0.25, 0.3) is 0 Å². The lowest BCUT2D eigenvalue weighted by molar-refractivity contribution is 0.848. The van der Waals surface area contributed by atoms with Gasteiger partial charge < -0.3 is 10.3 Å². The molecule has 0 aliphatic carbocycles. The third kappa shape index (κ3) is 1.26. The van der Waals surface area contributed by atoms with E-state index < -0.39 is 0 Å². The van der Waals surface area contributed by atoms with Crippen molar-refractivity contribution in [1.29, 1.82) is 5.26 Å². The van der Waals surface area contributed by atoms with Crippen LogP contribution in [-0.2, 0) is 6.54 Å². The van der Waals surface area contributed by atoms with Crippen molar-refractivity contribution < 1.29 is 0 Å². The Bertz CT molecular complexity index is 244. The Hall–Kier alpha value is -1.50. The van der Waals surface area contributed by atoms with E-state index in [1.807, 2.05) is 13.1 Å². The Morgan fingerprint density at radius 3 is 3.20 bits per heavy atom. The van der Waals surface area contributed by atoms with Crippen molar-refractivity contribution in [3.63, 3.8) is 0 Å². The van der Waals surface area contributed by atoms with Crippen molar-refractivity contribution >= 4 is 0 Å². The second-order valence-electron chi connectivity index (χ2n) is 1.94. The summed E-state index contributed by atoms with van der Waals surface area (Å²) in [6.45, 7) is 2.42. The number of H-pyrrole nitrogens is 1. The van der Waals surface area contributed by atoms with Crippen molar-refractivity contribution in [1.82, 2.24) is 15.3 Å². The standard InChI is InChI=1S/C6H8N4/c1-5-6(2-8-3-7)10-4-9-5/h4,8H,2H2,1H3,(H,9,10). The fraction of sp³-hybridized carbons (Fsp3) is 0.333. The van der Waals surface area contributed by atoms with Gasteiger partial charge in [-0.1, -0.05) is 0 Å². The number of hydrogen-bond acceptors (Lipinski definition) is 3. The normalized spacial score (nSPS) is 8.80. The summed E-state index contributed by atoms with van der Waals surface area (Å²) < 4.78 is 0. The van der Waals surface area contributed by atoms with E-state index in [0.717, 1.165) is 11.4 Å². The molecule has 52 valence electrons. The fourth-order valence-corrected chi connectivity index (χ4v) is 0.689. The number of aromatic nitrogens is 2. The average Bonchev–Trinajstić information content (AvgIpc) is 2.31. The number of aryl methyl sites for hydroxylation is 1. The molecule has 0 aliphatic heterocycles. The maximum absolute atomic E-state index is 8.16. The second kappa shape index (κ2) is 2.87. The first-order chi connectivity index (χ1) is 4.84. The van der Waals surface area contributed by atoms with E-state index in [0.29, 0.717) is 6.54 Å². The first-order valence-electron chi connectivity index (χ1n) is 2.95. The van der Waals surface area contributed by atoms with Gasteiger partial charge in [0.2, 0.25) is 0 Å². The zero-order chi connectivity index (χ0) is 7.40. The molecule has 0 unspecified atom stereocenters. The largest absolute Gasteiger partial charge is 0.348 e. The number of nitrogens with zero attached hydrogens (tertiary/aromatic N) is 2. The first-order valence-corrected chi connectivity index (χ1v) is 2.95. The molecule has 10 heavy (non-hydrogen) atoms. The van der Waals surface area contributed by atoms with E-state index in [-0.39, 0.29) is 0 Å². The molecule has 0 spiro atoms. The Labute approximate surface area is 58.9 Å². The molecule has 1 aromatic rings. The third-order valence-electron chi connectivity index (χ3n) is 1.27. The number of nitriles is 1. The van der Waals surface area contributed by atoms with E-state index in [1.54, 1.807) is 6.33 Å². The average molecular weight is 136 g/mol. The van der Waals surface area contributed by atoms with Crippen LogP contribution in [0.5, 0.6) is 0 Å². The molecular formula is C6H8N4. The number of nitrogens with one attached hydrogen (secondary N) is 2. The number of hydrogen-bond donors (Lipinski definition) is 2. The van der Waals surface area contributed by atoms with Gasteiger partial charge in [0.15, 0.2) is 6.19 Å². The van der Waals surface area contributed by atoms with Gasteiger partial charge in [-0.05, 0) is 6.92 Å². The summed E-state index contributed by atoms with van der Waals surface area (Å²) in [6, 6.07) is 0. The zero-order valence-electron chi connectivity index (χ0n) is 5.68. The molecule has 4 nitrogen and oxygen atoms in total. The topological polar surface area (TPSA) is 64.5 Å². The summed E-state index contributed by atoms with van der Waals surface area (Å²) in [5.74, 6) is 0. The second-order valence-corrected chi connectivity index (χ2v) is 1.94. The van der Waals surface area contributed by atoms with Gasteiger partial charge in [0.1, 0.15) is 0 Å². The lowest BCUT2D eigenvalue weighted by atomic mass is 10.3. The van der Waals surface area contributed by atoms with Crippen LogP contribution in [-0.4, -0.2) is 9.97 Å². The van der Waals surface area contributed by atoms with Crippen LogP contribution < -0.4 is 5.32 Å². The third-order valence-corrected chi connectivity index (χ3v) is 1.27. The van der Waals surface area contributed by atoms with Crippen LogP contribution in [0.3, 0.4) is 0 Å². The molecule has 0 aliphatic rings. The molecule has 0 atom stereocenters. The van der Waals surface area contributed by atoms with Crippen molar-refractivity contribution in [2.75, 3.05) is 0 Å². The van der Waals surface area contributed by atoms with E-state index in [1.165, 1.54) is 0 Å². The van der Waals surface area contributed by atoms with Crippen LogP contribution >= 0.6 is 0 Å². The van der Waals surface area contributed by atoms with Crippen molar-refractivity contribution in [2.45, 2.75) is 13.5 Å². The van der Waals surface area contributed by atoms with Crippen LogP contribution in [0.2, 0.25) is 0 Å². The summed E-state index contributed by atoms with van der Waals surface area (Å²) in [4.78, 5) is 6.90. The molecule has 0 fully saturated rings. The highest BCUT2D eigenvalue weighted by molar-refractivity contribution is 5.08. The Morgan fingerprint density at radius 2 is 2.70 bits per heavy atom. The van der Waals surface area contributed by atoms with Crippen molar-refractivity contribution in [2.24, 2.45) is 0 Å². The molecule has 0 saturated carbocycles. The maximum Gasteiger partial charge on any atom is 0.176 e. The quantitative estimate of drug-likeness (QED) is 0.453. The minimum Gasteiger partial charge on any atom is -0.348 e. The van der Waals surface area contributed by atoms with Crippen LogP contribution in [0.15, 0.2) is 6.33 Å². The number of imidazole rings is 1. The molecule has 1 rings (SSSR count). The maximum atomic E-state index is 8.16. The SMILES string of the molecule is Cc1[nH]cnc1CNC#N. The van der Waals surface area contributed by atoms with Gasteiger partial charge in [-0.25, -0.2) is 4.98 Å². The number of rotatable bonds is 2. The zero-order valence-corrected chi connectivity index (χ0v) is 5.68. The predicted molar refractivity (Wildman–Crippen MR) is 35.8 cm³/mol. The highest BCUT2D eigenvalue weighted by Gasteiger charge is 1.97. The van der Waals surface area contributed by atoms with Gasteiger partial charge >= 0.3 is 0 Å². The van der Waals surface area contributed by atoms with Gasteiger partial charge in [-0.2, -0.15) is 5.26 Å². The molecule has 0 amide bonds. The van der Waals surface area contributed by atoms with Crippen LogP contribution in [0, 0.1) is 18.4 Å². The van der Waals surface area contributed by atoms with Gasteiger partial charge in [0, 0.05) is 5.69 Å². The first kappa shape index (κ1) is 6.62. The van der Waals surface area contributed by atoms with Gasteiger partial charge in [0.05, 0.1) is 18.6 Å². The van der Waals surface area contributed by atoms with E-state index in [4.69, 9.17) is 5.26 Å². The monoisotopic (exact) mass is 136 g/mol. The number of aromatic amines is 1. The molecule has 0 radical (unpaired) electrons. The smallest absolute Gasteiger partial charge is 0.176 e. The van der Waals surface area contributed by atoms with Crippen molar-refractivity contribution in [3.05, 3.63) is 17.7 Å². The van der Waals surface area contributed by atoms with Gasteiger partial charge in [0.25, 0.3) is 0 Å².